The molecule has 5 nitrogen and oxygen atoms in total. The maximum atomic E-state index is 13.2. The molecule has 5 heteroatoms. The molecule has 0 spiro atoms. The molecular weight excluding hydrogens is 290 g/mol. The lowest BCUT2D eigenvalue weighted by Gasteiger charge is -2.34. The first-order chi connectivity index (χ1) is 11.2. The Morgan fingerprint density at radius 1 is 1.26 bits per heavy atom. The van der Waals surface area contributed by atoms with Crippen LogP contribution in [0.1, 0.15) is 36.5 Å². The third-order valence-corrected chi connectivity index (χ3v) is 4.46. The number of hydrogen-bond donors (Lipinski definition) is 2. The predicted molar refractivity (Wildman–Crippen MR) is 91.8 cm³/mol. The molecule has 1 aromatic carbocycles. The van der Waals surface area contributed by atoms with E-state index in [1.807, 2.05) is 29.2 Å². The Morgan fingerprint density at radius 3 is 2.74 bits per heavy atom. The summed E-state index contributed by atoms with van der Waals surface area (Å²) in [7, 11) is 0. The van der Waals surface area contributed by atoms with Gasteiger partial charge in [0.05, 0.1) is 5.56 Å². The molecule has 1 aliphatic heterocycles. The summed E-state index contributed by atoms with van der Waals surface area (Å²) in [6.45, 7) is 4.68. The first kappa shape index (κ1) is 15.7. The Balaban J connectivity index is 2.01. The lowest BCUT2D eigenvalue weighted by atomic mass is 10.0. The normalized spacial score (nSPS) is 15.7. The van der Waals surface area contributed by atoms with Crippen molar-refractivity contribution in [1.82, 2.24) is 15.2 Å². The van der Waals surface area contributed by atoms with E-state index < -0.39 is 0 Å². The van der Waals surface area contributed by atoms with Crippen LogP contribution < -0.4 is 10.9 Å². The average molecular weight is 313 g/mol. The number of pyridine rings is 1. The number of piperidine rings is 1. The molecule has 0 saturated carbocycles. The fourth-order valence-electron chi connectivity index (χ4n) is 3.35. The van der Waals surface area contributed by atoms with Crippen molar-refractivity contribution in [2.24, 2.45) is 0 Å². The van der Waals surface area contributed by atoms with Crippen molar-refractivity contribution in [2.75, 3.05) is 19.6 Å². The van der Waals surface area contributed by atoms with Crippen LogP contribution in [0.4, 0.5) is 0 Å². The SMILES string of the molecule is CCCN(C(=O)c1cc(=O)[nH]c2ccccc12)C1CCNCC1. The van der Waals surface area contributed by atoms with E-state index in [4.69, 9.17) is 0 Å². The first-order valence-corrected chi connectivity index (χ1v) is 8.34. The van der Waals surface area contributed by atoms with Gasteiger partial charge in [-0.15, -0.1) is 0 Å². The summed E-state index contributed by atoms with van der Waals surface area (Å²) in [5.41, 5.74) is 0.996. The van der Waals surface area contributed by atoms with Gasteiger partial charge >= 0.3 is 0 Å². The molecule has 23 heavy (non-hydrogen) atoms. The van der Waals surface area contributed by atoms with E-state index >= 15 is 0 Å². The van der Waals surface area contributed by atoms with Crippen molar-refractivity contribution in [3.8, 4) is 0 Å². The quantitative estimate of drug-likeness (QED) is 0.909. The van der Waals surface area contributed by atoms with Gasteiger partial charge in [0.2, 0.25) is 5.56 Å². The highest BCUT2D eigenvalue weighted by molar-refractivity contribution is 6.06. The minimum atomic E-state index is -0.228. The van der Waals surface area contributed by atoms with Crippen LogP contribution >= 0.6 is 0 Å². The highest BCUT2D eigenvalue weighted by Crippen LogP contribution is 2.20. The largest absolute Gasteiger partial charge is 0.336 e. The molecule has 1 amide bonds. The van der Waals surface area contributed by atoms with Gasteiger partial charge in [-0.25, -0.2) is 0 Å². The van der Waals surface area contributed by atoms with Crippen molar-refractivity contribution in [3.63, 3.8) is 0 Å². The number of fused-ring (bicyclic) bond motifs is 1. The lowest BCUT2D eigenvalue weighted by molar-refractivity contribution is 0.0644. The Hall–Kier alpha value is -2.14. The minimum Gasteiger partial charge on any atom is -0.336 e. The van der Waals surface area contributed by atoms with Crippen LogP contribution in [-0.4, -0.2) is 41.5 Å². The van der Waals surface area contributed by atoms with E-state index in [9.17, 15) is 9.59 Å². The number of benzene rings is 1. The first-order valence-electron chi connectivity index (χ1n) is 8.34. The second-order valence-corrected chi connectivity index (χ2v) is 6.07. The maximum Gasteiger partial charge on any atom is 0.254 e. The summed E-state index contributed by atoms with van der Waals surface area (Å²) in [4.78, 5) is 29.8. The van der Waals surface area contributed by atoms with E-state index in [-0.39, 0.29) is 17.5 Å². The van der Waals surface area contributed by atoms with Crippen LogP contribution in [0.5, 0.6) is 0 Å². The fourth-order valence-corrected chi connectivity index (χ4v) is 3.35. The van der Waals surface area contributed by atoms with Crippen LogP contribution in [0.2, 0.25) is 0 Å². The number of hydrogen-bond acceptors (Lipinski definition) is 3. The van der Waals surface area contributed by atoms with Crippen molar-refractivity contribution in [1.29, 1.82) is 0 Å². The zero-order valence-corrected chi connectivity index (χ0v) is 13.5. The number of para-hydroxylation sites is 1. The molecule has 1 fully saturated rings. The molecule has 122 valence electrons. The standard InChI is InChI=1S/C18H23N3O2/c1-2-11-21(13-7-9-19-10-8-13)18(23)15-12-17(22)20-16-6-4-3-5-14(15)16/h3-6,12-13,19H,2,7-11H2,1H3,(H,20,22). The third-order valence-electron chi connectivity index (χ3n) is 4.46. The smallest absolute Gasteiger partial charge is 0.254 e. The van der Waals surface area contributed by atoms with Gasteiger partial charge in [0, 0.05) is 29.6 Å². The molecule has 3 rings (SSSR count). The summed E-state index contributed by atoms with van der Waals surface area (Å²) in [5, 5.41) is 4.15. The topological polar surface area (TPSA) is 65.2 Å². The lowest BCUT2D eigenvalue weighted by Crippen LogP contribution is -2.46. The molecule has 2 N–H and O–H groups in total. The number of carbonyl (C=O) groups excluding carboxylic acids is 1. The average Bonchev–Trinajstić information content (AvgIpc) is 2.59. The molecule has 1 aliphatic rings. The number of amides is 1. The second kappa shape index (κ2) is 6.96. The molecular formula is C18H23N3O2. The monoisotopic (exact) mass is 313 g/mol. The molecule has 2 aromatic rings. The van der Waals surface area contributed by atoms with Gasteiger partial charge in [-0.3, -0.25) is 9.59 Å². The Kier molecular flexibility index (Phi) is 4.76. The third kappa shape index (κ3) is 3.29. The van der Waals surface area contributed by atoms with Crippen LogP contribution in [0.25, 0.3) is 10.9 Å². The zero-order valence-electron chi connectivity index (χ0n) is 13.5. The Bertz CT molecular complexity index is 747. The zero-order chi connectivity index (χ0) is 16.2. The van der Waals surface area contributed by atoms with Crippen molar-refractivity contribution < 1.29 is 4.79 Å². The highest BCUT2D eigenvalue weighted by Gasteiger charge is 2.26. The molecule has 0 radical (unpaired) electrons. The molecule has 0 unspecified atom stereocenters. The van der Waals surface area contributed by atoms with Crippen molar-refractivity contribution in [3.05, 3.63) is 46.2 Å². The second-order valence-electron chi connectivity index (χ2n) is 6.07. The van der Waals surface area contributed by atoms with Gasteiger partial charge < -0.3 is 15.2 Å². The summed E-state index contributed by atoms with van der Waals surface area (Å²) in [6, 6.07) is 9.18. The van der Waals surface area contributed by atoms with E-state index in [1.54, 1.807) is 0 Å². The van der Waals surface area contributed by atoms with Gasteiger partial charge in [-0.05, 0) is 38.4 Å². The van der Waals surface area contributed by atoms with E-state index in [0.717, 1.165) is 44.3 Å². The number of carbonyl (C=O) groups is 1. The number of H-pyrrole nitrogens is 1. The van der Waals surface area contributed by atoms with E-state index in [2.05, 4.69) is 17.2 Å². The number of nitrogens with one attached hydrogen (secondary N) is 2. The van der Waals surface area contributed by atoms with Gasteiger partial charge in [0.15, 0.2) is 0 Å². The van der Waals surface area contributed by atoms with Crippen molar-refractivity contribution in [2.45, 2.75) is 32.2 Å². The van der Waals surface area contributed by atoms with Crippen LogP contribution in [-0.2, 0) is 0 Å². The van der Waals surface area contributed by atoms with Gasteiger partial charge in [-0.2, -0.15) is 0 Å². The van der Waals surface area contributed by atoms with Gasteiger partial charge in [0.25, 0.3) is 5.91 Å². The number of aromatic amines is 1. The molecule has 0 bridgehead atoms. The molecule has 1 saturated heterocycles. The molecule has 0 atom stereocenters. The Morgan fingerprint density at radius 2 is 2.00 bits per heavy atom. The predicted octanol–water partition coefficient (Wildman–Crippen LogP) is 2.13. The van der Waals surface area contributed by atoms with Crippen LogP contribution in [0.15, 0.2) is 35.1 Å². The van der Waals surface area contributed by atoms with Crippen LogP contribution in [0.3, 0.4) is 0 Å². The molecule has 1 aromatic heterocycles. The molecule has 0 aliphatic carbocycles. The fraction of sp³-hybridized carbons (Fsp3) is 0.444. The summed E-state index contributed by atoms with van der Waals surface area (Å²) in [5.74, 6) is -0.0268. The molecule has 2 heterocycles. The van der Waals surface area contributed by atoms with E-state index in [1.165, 1.54) is 6.07 Å². The summed E-state index contributed by atoms with van der Waals surface area (Å²) >= 11 is 0. The van der Waals surface area contributed by atoms with Crippen molar-refractivity contribution >= 4 is 16.8 Å². The minimum absolute atomic E-state index is 0.0268. The summed E-state index contributed by atoms with van der Waals surface area (Å²) in [6.07, 6.45) is 2.84. The van der Waals surface area contributed by atoms with E-state index in [0.29, 0.717) is 11.1 Å². The van der Waals surface area contributed by atoms with Gasteiger partial charge in [-0.1, -0.05) is 25.1 Å². The Labute approximate surface area is 135 Å². The number of nitrogens with zero attached hydrogens (tertiary/aromatic N) is 1. The van der Waals surface area contributed by atoms with Gasteiger partial charge in [0.1, 0.15) is 0 Å². The number of aromatic nitrogens is 1. The van der Waals surface area contributed by atoms with Crippen LogP contribution in [0, 0.1) is 0 Å². The highest BCUT2D eigenvalue weighted by atomic mass is 16.2. The number of rotatable bonds is 4. The maximum absolute atomic E-state index is 13.2. The summed E-state index contributed by atoms with van der Waals surface area (Å²) < 4.78 is 0.